The number of nitrogens with one attached hydrogen (secondary N) is 1. The van der Waals surface area contributed by atoms with Gasteiger partial charge in [0, 0.05) is 30.8 Å². The molecule has 0 saturated carbocycles. The van der Waals surface area contributed by atoms with E-state index in [1.165, 1.54) is 0 Å². The first-order valence-electron chi connectivity index (χ1n) is 5.54. The molecule has 0 spiro atoms. The van der Waals surface area contributed by atoms with Gasteiger partial charge in [0.1, 0.15) is 0 Å². The summed E-state index contributed by atoms with van der Waals surface area (Å²) in [6.45, 7) is 0.831. The van der Waals surface area contributed by atoms with Gasteiger partial charge in [-0.1, -0.05) is 12.5 Å². The van der Waals surface area contributed by atoms with Crippen LogP contribution in [0, 0.1) is 5.92 Å². The third-order valence-electron chi connectivity index (χ3n) is 2.83. The van der Waals surface area contributed by atoms with Gasteiger partial charge in [-0.2, -0.15) is 0 Å². The lowest BCUT2D eigenvalue weighted by molar-refractivity contribution is -0.124. The van der Waals surface area contributed by atoms with Crippen LogP contribution in [0.1, 0.15) is 25.0 Å². The summed E-state index contributed by atoms with van der Waals surface area (Å²) in [7, 11) is 0. The average Bonchev–Trinajstić information content (AvgIpc) is 2.46. The highest BCUT2D eigenvalue weighted by molar-refractivity contribution is 5.79. The molecule has 0 aromatic carbocycles. The van der Waals surface area contributed by atoms with Crippen molar-refractivity contribution in [2.75, 3.05) is 6.54 Å². The second-order valence-corrected chi connectivity index (χ2v) is 4.01. The molecule has 1 atom stereocenters. The summed E-state index contributed by atoms with van der Waals surface area (Å²) in [5.74, 6) is 0.306. The van der Waals surface area contributed by atoms with E-state index in [1.807, 2.05) is 18.2 Å². The van der Waals surface area contributed by atoms with Crippen LogP contribution in [0.4, 0.5) is 0 Å². The summed E-state index contributed by atoms with van der Waals surface area (Å²) in [6, 6.07) is 5.85. The van der Waals surface area contributed by atoms with Gasteiger partial charge < -0.3 is 5.32 Å². The number of carbonyl (C=O) groups is 1. The van der Waals surface area contributed by atoms with Gasteiger partial charge in [0.25, 0.3) is 0 Å². The maximum Gasteiger partial charge on any atom is 0.223 e. The quantitative estimate of drug-likeness (QED) is 0.794. The molecule has 1 fully saturated rings. The highest BCUT2D eigenvalue weighted by Crippen LogP contribution is 2.16. The Kier molecular flexibility index (Phi) is 3.33. The Balaban J connectivity index is 2.01. The van der Waals surface area contributed by atoms with E-state index in [0.717, 1.165) is 37.9 Å². The molecule has 1 aliphatic heterocycles. The number of hydrogen-bond acceptors (Lipinski definition) is 2. The van der Waals surface area contributed by atoms with Gasteiger partial charge >= 0.3 is 0 Å². The number of pyridine rings is 1. The monoisotopic (exact) mass is 204 g/mol. The summed E-state index contributed by atoms with van der Waals surface area (Å²) in [4.78, 5) is 15.9. The van der Waals surface area contributed by atoms with Crippen molar-refractivity contribution in [2.45, 2.75) is 25.7 Å². The van der Waals surface area contributed by atoms with Gasteiger partial charge in [0.15, 0.2) is 0 Å². The summed E-state index contributed by atoms with van der Waals surface area (Å²) >= 11 is 0. The summed E-state index contributed by atoms with van der Waals surface area (Å²) in [6.07, 6.45) is 5.78. The topological polar surface area (TPSA) is 42.0 Å². The Bertz CT molecular complexity index is 324. The second kappa shape index (κ2) is 4.91. The molecule has 1 aromatic heterocycles. The Morgan fingerprint density at radius 3 is 3.13 bits per heavy atom. The van der Waals surface area contributed by atoms with Crippen molar-refractivity contribution in [1.29, 1.82) is 0 Å². The molecule has 1 aliphatic rings. The summed E-state index contributed by atoms with van der Waals surface area (Å²) < 4.78 is 0. The second-order valence-electron chi connectivity index (χ2n) is 4.01. The largest absolute Gasteiger partial charge is 0.356 e. The highest BCUT2D eigenvalue weighted by Gasteiger charge is 2.20. The van der Waals surface area contributed by atoms with E-state index in [2.05, 4.69) is 10.3 Å². The van der Waals surface area contributed by atoms with Crippen molar-refractivity contribution in [3.63, 3.8) is 0 Å². The minimum absolute atomic E-state index is 0.113. The van der Waals surface area contributed by atoms with Crippen molar-refractivity contribution in [3.8, 4) is 0 Å². The SMILES string of the molecule is O=C1NCCCCC1Cc1ccccn1. The van der Waals surface area contributed by atoms with Crippen LogP contribution in [0.3, 0.4) is 0 Å². The fourth-order valence-electron chi connectivity index (χ4n) is 1.97. The molecular weight excluding hydrogens is 188 g/mol. The fourth-order valence-corrected chi connectivity index (χ4v) is 1.97. The standard InChI is InChI=1S/C12H16N2O/c15-12-10(5-1-3-8-14-12)9-11-6-2-4-7-13-11/h2,4,6-7,10H,1,3,5,8-9H2,(H,14,15). The first-order valence-corrected chi connectivity index (χ1v) is 5.54. The first-order chi connectivity index (χ1) is 7.36. The predicted molar refractivity (Wildman–Crippen MR) is 58.3 cm³/mol. The van der Waals surface area contributed by atoms with E-state index in [9.17, 15) is 4.79 Å². The molecule has 0 radical (unpaired) electrons. The van der Waals surface area contributed by atoms with E-state index in [0.29, 0.717) is 0 Å². The third-order valence-corrected chi connectivity index (χ3v) is 2.83. The predicted octanol–water partition coefficient (Wildman–Crippen LogP) is 1.54. The average molecular weight is 204 g/mol. The summed E-state index contributed by atoms with van der Waals surface area (Å²) in [5, 5.41) is 2.95. The smallest absolute Gasteiger partial charge is 0.223 e. The van der Waals surface area contributed by atoms with Gasteiger partial charge in [0.05, 0.1) is 0 Å². The maximum atomic E-state index is 11.7. The van der Waals surface area contributed by atoms with Crippen LogP contribution in [0.25, 0.3) is 0 Å². The number of rotatable bonds is 2. The van der Waals surface area contributed by atoms with E-state index < -0.39 is 0 Å². The Hall–Kier alpha value is -1.38. The molecule has 2 heterocycles. The third kappa shape index (κ3) is 2.78. The molecule has 3 nitrogen and oxygen atoms in total. The lowest BCUT2D eigenvalue weighted by Crippen LogP contribution is -2.30. The lowest BCUT2D eigenvalue weighted by atomic mass is 9.97. The Morgan fingerprint density at radius 1 is 1.40 bits per heavy atom. The molecule has 0 aliphatic carbocycles. The van der Waals surface area contributed by atoms with Crippen LogP contribution >= 0.6 is 0 Å². The van der Waals surface area contributed by atoms with E-state index >= 15 is 0 Å². The first kappa shape index (κ1) is 10.1. The molecule has 2 rings (SSSR count). The highest BCUT2D eigenvalue weighted by atomic mass is 16.1. The van der Waals surface area contributed by atoms with Gasteiger partial charge in [-0.05, 0) is 25.0 Å². The number of nitrogens with zero attached hydrogens (tertiary/aromatic N) is 1. The van der Waals surface area contributed by atoms with E-state index in [1.54, 1.807) is 6.20 Å². The fraction of sp³-hybridized carbons (Fsp3) is 0.500. The van der Waals surface area contributed by atoms with Crippen LogP contribution in [0.5, 0.6) is 0 Å². The Labute approximate surface area is 89.9 Å². The zero-order valence-corrected chi connectivity index (χ0v) is 8.78. The van der Waals surface area contributed by atoms with E-state index in [4.69, 9.17) is 0 Å². The van der Waals surface area contributed by atoms with Crippen LogP contribution in [0.15, 0.2) is 24.4 Å². The molecular formula is C12H16N2O. The van der Waals surface area contributed by atoms with Gasteiger partial charge in [-0.3, -0.25) is 9.78 Å². The minimum atomic E-state index is 0.113. The minimum Gasteiger partial charge on any atom is -0.356 e. The van der Waals surface area contributed by atoms with Crippen molar-refractivity contribution < 1.29 is 4.79 Å². The van der Waals surface area contributed by atoms with Crippen molar-refractivity contribution in [1.82, 2.24) is 10.3 Å². The number of hydrogen-bond donors (Lipinski definition) is 1. The van der Waals surface area contributed by atoms with Gasteiger partial charge in [-0.15, -0.1) is 0 Å². The Morgan fingerprint density at radius 2 is 2.33 bits per heavy atom. The lowest BCUT2D eigenvalue weighted by Gasteiger charge is -2.11. The molecule has 1 N–H and O–H groups in total. The molecule has 1 aromatic rings. The number of aromatic nitrogens is 1. The zero-order valence-electron chi connectivity index (χ0n) is 8.78. The molecule has 1 amide bonds. The van der Waals surface area contributed by atoms with Crippen molar-refractivity contribution >= 4 is 5.91 Å². The maximum absolute atomic E-state index is 11.7. The van der Waals surface area contributed by atoms with Crippen molar-refractivity contribution in [2.24, 2.45) is 5.92 Å². The molecule has 15 heavy (non-hydrogen) atoms. The molecule has 80 valence electrons. The zero-order chi connectivity index (χ0) is 10.5. The van der Waals surface area contributed by atoms with Crippen LogP contribution in [0.2, 0.25) is 0 Å². The molecule has 1 unspecified atom stereocenters. The van der Waals surface area contributed by atoms with Crippen molar-refractivity contribution in [3.05, 3.63) is 30.1 Å². The van der Waals surface area contributed by atoms with Crippen LogP contribution in [-0.2, 0) is 11.2 Å². The number of amides is 1. The van der Waals surface area contributed by atoms with Gasteiger partial charge in [-0.25, -0.2) is 0 Å². The molecule has 1 saturated heterocycles. The van der Waals surface area contributed by atoms with Crippen LogP contribution < -0.4 is 5.32 Å². The summed E-state index contributed by atoms with van der Waals surface area (Å²) in [5.41, 5.74) is 1.01. The van der Waals surface area contributed by atoms with Crippen LogP contribution in [-0.4, -0.2) is 17.4 Å². The molecule has 3 heteroatoms. The van der Waals surface area contributed by atoms with E-state index in [-0.39, 0.29) is 11.8 Å². The number of carbonyl (C=O) groups excluding carboxylic acids is 1. The molecule has 0 bridgehead atoms. The van der Waals surface area contributed by atoms with Gasteiger partial charge in [0.2, 0.25) is 5.91 Å². The normalized spacial score (nSPS) is 21.9.